The van der Waals surface area contributed by atoms with Gasteiger partial charge < -0.3 is 4.74 Å². The second-order valence-electron chi connectivity index (χ2n) is 4.03. The zero-order valence-electron chi connectivity index (χ0n) is 13.3. The van der Waals surface area contributed by atoms with E-state index in [1.165, 1.54) is 6.21 Å². The highest BCUT2D eigenvalue weighted by Crippen LogP contribution is 2.05. The number of hydrazone groups is 1. The lowest BCUT2D eigenvalue weighted by atomic mass is 10.1. The number of benzene rings is 1. The molecule has 0 saturated carbocycles. The standard InChI is InChI=1S/C15H18N2O2.C2H6/c1-5-12(3)19-13(4)10-16-17-15(18)14-8-6-7-11(2)9-14;1-2/h6-10H,3-5H2,1-2H3,(H,17,18);1-2H3/b16-10+;. The lowest BCUT2D eigenvalue weighted by molar-refractivity contribution is 0.0955. The third-order valence-corrected chi connectivity index (χ3v) is 2.32. The summed E-state index contributed by atoms with van der Waals surface area (Å²) in [5, 5.41) is 3.77. The number of aryl methyl sites for hydroxylation is 1. The predicted octanol–water partition coefficient (Wildman–Crippen LogP) is 4.19. The summed E-state index contributed by atoms with van der Waals surface area (Å²) in [4.78, 5) is 11.7. The van der Waals surface area contributed by atoms with Gasteiger partial charge in [-0.15, -0.1) is 0 Å². The van der Waals surface area contributed by atoms with Crippen molar-refractivity contribution in [1.82, 2.24) is 5.43 Å². The summed E-state index contributed by atoms with van der Waals surface area (Å²) >= 11 is 0. The smallest absolute Gasteiger partial charge is 0.271 e. The van der Waals surface area contributed by atoms with E-state index in [0.29, 0.717) is 23.5 Å². The number of carbonyl (C=O) groups is 1. The largest absolute Gasteiger partial charge is 0.461 e. The molecule has 4 nitrogen and oxygen atoms in total. The van der Waals surface area contributed by atoms with Gasteiger partial charge in [-0.05, 0) is 19.1 Å². The molecule has 0 aromatic heterocycles. The summed E-state index contributed by atoms with van der Waals surface area (Å²) in [5.41, 5.74) is 3.98. The maximum Gasteiger partial charge on any atom is 0.271 e. The monoisotopic (exact) mass is 288 g/mol. The molecule has 1 amide bonds. The first-order valence-corrected chi connectivity index (χ1v) is 6.97. The maximum atomic E-state index is 11.7. The minimum absolute atomic E-state index is 0.276. The van der Waals surface area contributed by atoms with Crippen molar-refractivity contribution < 1.29 is 9.53 Å². The van der Waals surface area contributed by atoms with Crippen molar-refractivity contribution in [2.24, 2.45) is 5.10 Å². The highest BCUT2D eigenvalue weighted by Gasteiger charge is 2.03. The van der Waals surface area contributed by atoms with E-state index in [4.69, 9.17) is 4.74 Å². The molecule has 0 radical (unpaired) electrons. The molecule has 114 valence electrons. The van der Waals surface area contributed by atoms with E-state index in [1.807, 2.05) is 39.8 Å². The first-order valence-electron chi connectivity index (χ1n) is 6.97. The minimum Gasteiger partial charge on any atom is -0.461 e. The Morgan fingerprint density at radius 2 is 2.05 bits per heavy atom. The SMILES string of the molecule is C=C(/C=N/NC(=O)c1cccc(C)c1)OC(=C)CC.CC. The Labute approximate surface area is 127 Å². The lowest BCUT2D eigenvalue weighted by Gasteiger charge is -2.05. The first kappa shape index (κ1) is 18.6. The van der Waals surface area contributed by atoms with E-state index in [9.17, 15) is 4.79 Å². The normalized spacial score (nSPS) is 9.52. The summed E-state index contributed by atoms with van der Waals surface area (Å²) < 4.78 is 5.22. The molecule has 21 heavy (non-hydrogen) atoms. The number of carbonyl (C=O) groups excluding carboxylic acids is 1. The Morgan fingerprint density at radius 1 is 1.38 bits per heavy atom. The van der Waals surface area contributed by atoms with Gasteiger partial charge in [-0.3, -0.25) is 4.79 Å². The highest BCUT2D eigenvalue weighted by atomic mass is 16.5. The molecule has 0 atom stereocenters. The summed E-state index contributed by atoms with van der Waals surface area (Å²) in [6.45, 7) is 15.2. The van der Waals surface area contributed by atoms with Crippen LogP contribution < -0.4 is 5.43 Å². The Hall–Kier alpha value is -2.36. The van der Waals surface area contributed by atoms with E-state index >= 15 is 0 Å². The summed E-state index contributed by atoms with van der Waals surface area (Å²) in [6, 6.07) is 7.25. The molecule has 0 bridgehead atoms. The van der Waals surface area contributed by atoms with Crippen molar-refractivity contribution in [3.05, 3.63) is 60.1 Å². The van der Waals surface area contributed by atoms with Gasteiger partial charge in [0.15, 0.2) is 0 Å². The summed E-state index contributed by atoms with van der Waals surface area (Å²) in [7, 11) is 0. The molecular formula is C17H24N2O2. The number of nitrogens with one attached hydrogen (secondary N) is 1. The number of amides is 1. The molecule has 0 heterocycles. The van der Waals surface area contributed by atoms with Crippen molar-refractivity contribution in [2.75, 3.05) is 0 Å². The van der Waals surface area contributed by atoms with Gasteiger partial charge in [0.2, 0.25) is 0 Å². The van der Waals surface area contributed by atoms with Crippen molar-refractivity contribution in [2.45, 2.75) is 34.1 Å². The Kier molecular flexibility index (Phi) is 9.26. The van der Waals surface area contributed by atoms with Crippen LogP contribution in [0.3, 0.4) is 0 Å². The van der Waals surface area contributed by atoms with E-state index in [1.54, 1.807) is 12.1 Å². The number of hydrogen-bond donors (Lipinski definition) is 1. The van der Waals surface area contributed by atoms with E-state index in [-0.39, 0.29) is 5.91 Å². The van der Waals surface area contributed by atoms with Gasteiger partial charge in [-0.2, -0.15) is 5.10 Å². The van der Waals surface area contributed by atoms with Crippen molar-refractivity contribution in [3.8, 4) is 0 Å². The highest BCUT2D eigenvalue weighted by molar-refractivity contribution is 5.94. The lowest BCUT2D eigenvalue weighted by Crippen LogP contribution is -2.17. The van der Waals surface area contributed by atoms with Crippen LogP contribution >= 0.6 is 0 Å². The van der Waals surface area contributed by atoms with Gasteiger partial charge in [0.25, 0.3) is 5.91 Å². The first-order chi connectivity index (χ1) is 10.0. The second-order valence-corrected chi connectivity index (χ2v) is 4.03. The van der Waals surface area contributed by atoms with E-state index < -0.39 is 0 Å². The predicted molar refractivity (Wildman–Crippen MR) is 88.1 cm³/mol. The Balaban J connectivity index is 0.00000191. The number of hydrogen-bond acceptors (Lipinski definition) is 3. The van der Waals surface area contributed by atoms with Gasteiger partial charge in [0.1, 0.15) is 5.76 Å². The molecule has 1 rings (SSSR count). The fraction of sp³-hybridized carbons (Fsp3) is 0.294. The molecular weight excluding hydrogens is 264 g/mol. The third kappa shape index (κ3) is 7.72. The summed E-state index contributed by atoms with van der Waals surface area (Å²) in [5.74, 6) is 0.653. The average Bonchev–Trinajstić information content (AvgIpc) is 2.49. The molecule has 0 saturated heterocycles. The molecule has 1 aromatic carbocycles. The molecule has 0 spiro atoms. The van der Waals surface area contributed by atoms with Crippen LogP contribution in [-0.2, 0) is 4.74 Å². The fourth-order valence-corrected chi connectivity index (χ4v) is 1.30. The molecule has 1 aromatic rings. The minimum atomic E-state index is -0.276. The zero-order chi connectivity index (χ0) is 16.3. The Bertz CT molecular complexity index is 519. The van der Waals surface area contributed by atoms with Crippen molar-refractivity contribution in [3.63, 3.8) is 0 Å². The van der Waals surface area contributed by atoms with Crippen molar-refractivity contribution >= 4 is 12.1 Å². The molecule has 0 aliphatic rings. The van der Waals surface area contributed by atoms with Gasteiger partial charge in [-0.1, -0.05) is 51.6 Å². The number of allylic oxidation sites excluding steroid dienone is 2. The Morgan fingerprint density at radius 3 is 2.62 bits per heavy atom. The third-order valence-electron chi connectivity index (χ3n) is 2.32. The maximum absolute atomic E-state index is 11.7. The van der Waals surface area contributed by atoms with Gasteiger partial charge in [0, 0.05) is 12.0 Å². The van der Waals surface area contributed by atoms with Crippen LogP contribution in [-0.4, -0.2) is 12.1 Å². The van der Waals surface area contributed by atoms with Crippen LogP contribution in [0.5, 0.6) is 0 Å². The molecule has 1 N–H and O–H groups in total. The molecule has 4 heteroatoms. The molecule has 0 aliphatic heterocycles. The second kappa shape index (κ2) is 10.4. The van der Waals surface area contributed by atoms with Gasteiger partial charge >= 0.3 is 0 Å². The van der Waals surface area contributed by atoms with Gasteiger partial charge in [-0.25, -0.2) is 5.43 Å². The van der Waals surface area contributed by atoms with E-state index in [0.717, 1.165) is 5.56 Å². The van der Waals surface area contributed by atoms with E-state index in [2.05, 4.69) is 23.7 Å². The number of ether oxygens (including phenoxy) is 1. The summed E-state index contributed by atoms with van der Waals surface area (Å²) in [6.07, 6.45) is 2.04. The average molecular weight is 288 g/mol. The zero-order valence-corrected chi connectivity index (χ0v) is 13.3. The van der Waals surface area contributed by atoms with Crippen LogP contribution in [0.25, 0.3) is 0 Å². The fourth-order valence-electron chi connectivity index (χ4n) is 1.30. The molecule has 0 aliphatic carbocycles. The quantitative estimate of drug-likeness (QED) is 0.485. The van der Waals surface area contributed by atoms with Crippen molar-refractivity contribution in [1.29, 1.82) is 0 Å². The number of rotatable bonds is 6. The topological polar surface area (TPSA) is 50.7 Å². The number of nitrogens with zero attached hydrogens (tertiary/aromatic N) is 1. The van der Waals surface area contributed by atoms with Crippen LogP contribution in [0.4, 0.5) is 0 Å². The van der Waals surface area contributed by atoms with Gasteiger partial charge in [0.05, 0.1) is 12.0 Å². The molecule has 0 unspecified atom stereocenters. The molecule has 0 fully saturated rings. The van der Waals surface area contributed by atoms with Crippen LogP contribution in [0.1, 0.15) is 43.1 Å². The van der Waals surface area contributed by atoms with Crippen LogP contribution in [0.2, 0.25) is 0 Å². The van der Waals surface area contributed by atoms with Crippen LogP contribution in [0, 0.1) is 6.92 Å². The van der Waals surface area contributed by atoms with Crippen LogP contribution in [0.15, 0.2) is 54.0 Å².